The molecule has 0 aromatic carbocycles. The van der Waals surface area contributed by atoms with Gasteiger partial charge in [-0.3, -0.25) is 4.79 Å². The lowest BCUT2D eigenvalue weighted by atomic mass is 10.3. The number of carboxylic acid groups (broad SMARTS) is 1. The van der Waals surface area contributed by atoms with Gasteiger partial charge in [-0.2, -0.15) is 11.8 Å². The molecule has 1 aliphatic rings. The van der Waals surface area contributed by atoms with E-state index in [0.29, 0.717) is 5.75 Å². The quantitative estimate of drug-likeness (QED) is 0.641. The number of nitrogens with one attached hydrogen (secondary N) is 1. The lowest BCUT2D eigenvalue weighted by Crippen LogP contribution is -2.41. The summed E-state index contributed by atoms with van der Waals surface area (Å²) in [5, 5.41) is 11.4. The summed E-state index contributed by atoms with van der Waals surface area (Å²) in [6.07, 6.45) is 3.69. The first-order chi connectivity index (χ1) is 8.59. The van der Waals surface area contributed by atoms with Crippen molar-refractivity contribution in [1.29, 1.82) is 0 Å². The fourth-order valence-corrected chi connectivity index (χ4v) is 2.98. The maximum absolute atomic E-state index is 10.9. The molecule has 5 nitrogen and oxygen atoms in total. The molecule has 0 saturated carbocycles. The minimum atomic E-state index is -0.961. The van der Waals surface area contributed by atoms with Crippen LogP contribution < -0.4 is 5.32 Å². The Morgan fingerprint density at radius 1 is 1.39 bits per heavy atom. The van der Waals surface area contributed by atoms with Crippen LogP contribution in [-0.2, 0) is 9.59 Å². The second-order valence-corrected chi connectivity index (χ2v) is 5.72. The zero-order valence-corrected chi connectivity index (χ0v) is 11.7. The van der Waals surface area contributed by atoms with E-state index >= 15 is 0 Å². The van der Waals surface area contributed by atoms with Crippen LogP contribution in [0.1, 0.15) is 26.2 Å². The molecule has 104 valence electrons. The highest BCUT2D eigenvalue weighted by atomic mass is 32.2. The van der Waals surface area contributed by atoms with Gasteiger partial charge in [-0.1, -0.05) is 0 Å². The van der Waals surface area contributed by atoms with E-state index in [2.05, 4.69) is 10.2 Å². The molecule has 0 radical (unpaired) electrons. The van der Waals surface area contributed by atoms with E-state index in [9.17, 15) is 9.59 Å². The summed E-state index contributed by atoms with van der Waals surface area (Å²) >= 11 is 1.59. The highest BCUT2D eigenvalue weighted by molar-refractivity contribution is 7.99. The standard InChI is InChI=1S/C12H22N2O3S/c1-10(15)13-11(12(16)17)9-18-8-4-7-14-5-2-3-6-14/h11H,2-9H2,1H3,(H,13,15)(H,16,17). The fraction of sp³-hybridized carbons (Fsp3) is 0.833. The lowest BCUT2D eigenvalue weighted by molar-refractivity contribution is -0.140. The van der Waals surface area contributed by atoms with E-state index < -0.39 is 12.0 Å². The Morgan fingerprint density at radius 3 is 2.61 bits per heavy atom. The van der Waals surface area contributed by atoms with E-state index in [1.165, 1.54) is 32.9 Å². The normalized spacial score (nSPS) is 17.6. The van der Waals surface area contributed by atoms with Gasteiger partial charge in [0.15, 0.2) is 0 Å². The van der Waals surface area contributed by atoms with Gasteiger partial charge in [-0.15, -0.1) is 0 Å². The van der Waals surface area contributed by atoms with Crippen LogP contribution in [0.4, 0.5) is 0 Å². The molecule has 1 aliphatic heterocycles. The topological polar surface area (TPSA) is 69.6 Å². The van der Waals surface area contributed by atoms with Gasteiger partial charge in [0.05, 0.1) is 0 Å². The molecular weight excluding hydrogens is 252 g/mol. The molecule has 1 fully saturated rings. The van der Waals surface area contributed by atoms with E-state index in [-0.39, 0.29) is 5.91 Å². The Hall–Kier alpha value is -0.750. The average molecular weight is 274 g/mol. The van der Waals surface area contributed by atoms with Gasteiger partial charge in [-0.05, 0) is 44.6 Å². The predicted molar refractivity (Wildman–Crippen MR) is 72.9 cm³/mol. The molecule has 1 unspecified atom stereocenters. The van der Waals surface area contributed by atoms with Crippen LogP contribution in [0.2, 0.25) is 0 Å². The fourth-order valence-electron chi connectivity index (χ4n) is 2.02. The number of carboxylic acids is 1. The third-order valence-electron chi connectivity index (χ3n) is 2.92. The molecular formula is C12H22N2O3S. The molecule has 6 heteroatoms. The van der Waals surface area contributed by atoms with Gasteiger partial charge in [0.1, 0.15) is 6.04 Å². The van der Waals surface area contributed by atoms with Gasteiger partial charge < -0.3 is 15.3 Å². The molecule has 18 heavy (non-hydrogen) atoms. The molecule has 1 amide bonds. The summed E-state index contributed by atoms with van der Waals surface area (Å²) in [5.41, 5.74) is 0. The van der Waals surface area contributed by atoms with Gasteiger partial charge >= 0.3 is 5.97 Å². The molecule has 2 N–H and O–H groups in total. The van der Waals surface area contributed by atoms with Crippen molar-refractivity contribution < 1.29 is 14.7 Å². The van der Waals surface area contributed by atoms with Crippen molar-refractivity contribution in [3.8, 4) is 0 Å². The Labute approximate surface area is 112 Å². The largest absolute Gasteiger partial charge is 0.480 e. The van der Waals surface area contributed by atoms with Crippen molar-refractivity contribution >= 4 is 23.6 Å². The van der Waals surface area contributed by atoms with Gasteiger partial charge in [0.25, 0.3) is 0 Å². The van der Waals surface area contributed by atoms with Crippen LogP contribution in [0.15, 0.2) is 0 Å². The van der Waals surface area contributed by atoms with Crippen LogP contribution in [-0.4, -0.2) is 59.1 Å². The van der Waals surface area contributed by atoms with Gasteiger partial charge in [0, 0.05) is 12.7 Å². The molecule has 1 atom stereocenters. The minimum absolute atomic E-state index is 0.292. The van der Waals surface area contributed by atoms with Crippen molar-refractivity contribution in [3.63, 3.8) is 0 Å². The second kappa shape index (κ2) is 8.37. The summed E-state index contributed by atoms with van der Waals surface area (Å²) in [5.74, 6) is 0.131. The highest BCUT2D eigenvalue weighted by Crippen LogP contribution is 2.10. The summed E-state index contributed by atoms with van der Waals surface area (Å²) in [6, 6.07) is -0.765. The van der Waals surface area contributed by atoms with E-state index in [1.54, 1.807) is 11.8 Å². The molecule has 1 heterocycles. The number of aliphatic carboxylic acids is 1. The number of hydrogen-bond acceptors (Lipinski definition) is 4. The number of carbonyl (C=O) groups is 2. The van der Waals surface area contributed by atoms with Crippen molar-refractivity contribution in [2.75, 3.05) is 31.1 Å². The second-order valence-electron chi connectivity index (χ2n) is 4.57. The van der Waals surface area contributed by atoms with Crippen LogP contribution in [0.5, 0.6) is 0 Å². The van der Waals surface area contributed by atoms with Gasteiger partial charge in [0.2, 0.25) is 5.91 Å². The summed E-state index contributed by atoms with van der Waals surface area (Å²) in [7, 11) is 0. The molecule has 0 bridgehead atoms. The number of nitrogens with zero attached hydrogens (tertiary/aromatic N) is 1. The van der Waals surface area contributed by atoms with E-state index in [1.807, 2.05) is 0 Å². The van der Waals surface area contributed by atoms with Gasteiger partial charge in [-0.25, -0.2) is 4.79 Å². The zero-order chi connectivity index (χ0) is 13.4. The number of thioether (sulfide) groups is 1. The first-order valence-electron chi connectivity index (χ1n) is 6.39. The average Bonchev–Trinajstić information content (AvgIpc) is 2.79. The smallest absolute Gasteiger partial charge is 0.327 e. The molecule has 0 aliphatic carbocycles. The SMILES string of the molecule is CC(=O)NC(CSCCCN1CCCC1)C(=O)O. The van der Waals surface area contributed by atoms with E-state index in [0.717, 1.165) is 18.7 Å². The third-order valence-corrected chi connectivity index (χ3v) is 4.07. The molecule has 0 aromatic rings. The summed E-state index contributed by atoms with van der Waals surface area (Å²) in [4.78, 5) is 24.2. The lowest BCUT2D eigenvalue weighted by Gasteiger charge is -2.15. The highest BCUT2D eigenvalue weighted by Gasteiger charge is 2.18. The van der Waals surface area contributed by atoms with E-state index in [4.69, 9.17) is 5.11 Å². The third kappa shape index (κ3) is 6.26. The summed E-state index contributed by atoms with van der Waals surface area (Å²) in [6.45, 7) is 4.85. The molecule has 1 rings (SSSR count). The molecule has 1 saturated heterocycles. The predicted octanol–water partition coefficient (Wildman–Crippen LogP) is 0.795. The van der Waals surface area contributed by atoms with Crippen LogP contribution in [0.25, 0.3) is 0 Å². The Bertz CT molecular complexity index is 280. The van der Waals surface area contributed by atoms with Crippen LogP contribution in [0, 0.1) is 0 Å². The number of likely N-dealkylation sites (tertiary alicyclic amines) is 1. The number of rotatable bonds is 8. The first kappa shape index (κ1) is 15.3. The maximum Gasteiger partial charge on any atom is 0.327 e. The van der Waals surface area contributed by atoms with Crippen LogP contribution >= 0.6 is 11.8 Å². The van der Waals surface area contributed by atoms with Crippen molar-refractivity contribution in [3.05, 3.63) is 0 Å². The van der Waals surface area contributed by atoms with Crippen LogP contribution in [0.3, 0.4) is 0 Å². The Morgan fingerprint density at radius 2 is 2.06 bits per heavy atom. The van der Waals surface area contributed by atoms with Crippen molar-refractivity contribution in [1.82, 2.24) is 10.2 Å². The monoisotopic (exact) mass is 274 g/mol. The Kier molecular flexibility index (Phi) is 7.12. The van der Waals surface area contributed by atoms with Crippen molar-refractivity contribution in [2.45, 2.75) is 32.2 Å². The zero-order valence-electron chi connectivity index (χ0n) is 10.9. The number of hydrogen-bond donors (Lipinski definition) is 2. The Balaban J connectivity index is 2.06. The molecule has 0 aromatic heterocycles. The summed E-state index contributed by atoms with van der Waals surface area (Å²) < 4.78 is 0. The van der Waals surface area contributed by atoms with Crippen molar-refractivity contribution in [2.24, 2.45) is 0 Å². The number of amides is 1. The number of carbonyl (C=O) groups excluding carboxylic acids is 1. The first-order valence-corrected chi connectivity index (χ1v) is 7.55. The minimum Gasteiger partial charge on any atom is -0.480 e. The molecule has 0 spiro atoms. The maximum atomic E-state index is 10.9.